The van der Waals surface area contributed by atoms with Crippen molar-refractivity contribution >= 4 is 24.1 Å². The van der Waals surface area contributed by atoms with Crippen LogP contribution in [0.15, 0.2) is 24.3 Å². The number of nitrogens with zero attached hydrogens (tertiary/aromatic N) is 1. The highest BCUT2D eigenvalue weighted by Gasteiger charge is 2.23. The first-order valence-electron chi connectivity index (χ1n) is 7.70. The van der Waals surface area contributed by atoms with Gasteiger partial charge in [0, 0.05) is 38.0 Å². The third-order valence-electron chi connectivity index (χ3n) is 4.23. The second-order valence-corrected chi connectivity index (χ2v) is 5.62. The zero-order valence-corrected chi connectivity index (χ0v) is 14.1. The van der Waals surface area contributed by atoms with Gasteiger partial charge in [-0.05, 0) is 24.9 Å². The SMILES string of the molecule is CCc1ccc(C(=O)CCC(=O)N(C)C2CCNC2)cc1.Cl. The van der Waals surface area contributed by atoms with Crippen LogP contribution in [0.1, 0.15) is 42.1 Å². The Balaban J connectivity index is 0.00000242. The molecule has 1 aromatic rings. The lowest BCUT2D eigenvalue weighted by atomic mass is 10.0. The largest absolute Gasteiger partial charge is 0.341 e. The monoisotopic (exact) mass is 324 g/mol. The summed E-state index contributed by atoms with van der Waals surface area (Å²) in [5.74, 6) is 0.103. The van der Waals surface area contributed by atoms with Crippen LogP contribution < -0.4 is 5.32 Å². The molecule has 1 heterocycles. The van der Waals surface area contributed by atoms with Crippen molar-refractivity contribution in [2.75, 3.05) is 20.1 Å². The number of nitrogens with one attached hydrogen (secondary N) is 1. The fourth-order valence-corrected chi connectivity index (χ4v) is 2.64. The van der Waals surface area contributed by atoms with Gasteiger partial charge in [-0.2, -0.15) is 0 Å². The van der Waals surface area contributed by atoms with Crippen molar-refractivity contribution in [3.05, 3.63) is 35.4 Å². The highest BCUT2D eigenvalue weighted by atomic mass is 35.5. The van der Waals surface area contributed by atoms with Gasteiger partial charge in [-0.25, -0.2) is 0 Å². The van der Waals surface area contributed by atoms with E-state index >= 15 is 0 Å². The quantitative estimate of drug-likeness (QED) is 0.818. The average Bonchev–Trinajstić information content (AvgIpc) is 3.06. The average molecular weight is 325 g/mol. The lowest BCUT2D eigenvalue weighted by Gasteiger charge is -2.23. The van der Waals surface area contributed by atoms with Gasteiger partial charge in [0.05, 0.1) is 0 Å². The number of carbonyl (C=O) groups excluding carboxylic acids is 2. The summed E-state index contributed by atoms with van der Waals surface area (Å²) in [6.07, 6.45) is 2.54. The summed E-state index contributed by atoms with van der Waals surface area (Å²) in [6, 6.07) is 7.94. The van der Waals surface area contributed by atoms with Gasteiger partial charge >= 0.3 is 0 Å². The van der Waals surface area contributed by atoms with Crippen molar-refractivity contribution in [3.63, 3.8) is 0 Å². The molecule has 1 saturated heterocycles. The number of halogens is 1. The molecule has 5 heteroatoms. The van der Waals surface area contributed by atoms with Crippen LogP contribution in [0.3, 0.4) is 0 Å². The Labute approximate surface area is 138 Å². The molecule has 1 amide bonds. The first kappa shape index (κ1) is 18.7. The lowest BCUT2D eigenvalue weighted by molar-refractivity contribution is -0.131. The van der Waals surface area contributed by atoms with E-state index in [2.05, 4.69) is 12.2 Å². The van der Waals surface area contributed by atoms with Gasteiger partial charge in [0.25, 0.3) is 0 Å². The molecular formula is C17H25ClN2O2. The molecule has 1 fully saturated rings. The molecule has 1 aliphatic rings. The highest BCUT2D eigenvalue weighted by molar-refractivity contribution is 5.98. The Bertz CT molecular complexity index is 496. The second kappa shape index (κ2) is 8.91. The van der Waals surface area contributed by atoms with Crippen molar-refractivity contribution in [2.24, 2.45) is 0 Å². The minimum atomic E-state index is 0. The molecule has 0 bridgehead atoms. The van der Waals surface area contributed by atoms with Crippen LogP contribution in [0, 0.1) is 0 Å². The van der Waals surface area contributed by atoms with E-state index in [1.54, 1.807) is 4.90 Å². The third kappa shape index (κ3) is 4.82. The van der Waals surface area contributed by atoms with Gasteiger partial charge in [-0.15, -0.1) is 12.4 Å². The molecule has 1 N–H and O–H groups in total. The van der Waals surface area contributed by atoms with Gasteiger partial charge in [0.1, 0.15) is 0 Å². The summed E-state index contributed by atoms with van der Waals surface area (Å²) >= 11 is 0. The number of hydrogen-bond donors (Lipinski definition) is 1. The van der Waals surface area contributed by atoms with Gasteiger partial charge < -0.3 is 10.2 Å². The second-order valence-electron chi connectivity index (χ2n) is 5.62. The van der Waals surface area contributed by atoms with Crippen LogP contribution in [0.25, 0.3) is 0 Å². The molecule has 1 unspecified atom stereocenters. The number of rotatable bonds is 6. The standard InChI is InChI=1S/C17H24N2O2.ClH/c1-3-13-4-6-14(7-5-13)16(20)8-9-17(21)19(2)15-10-11-18-12-15;/h4-7,15,18H,3,8-12H2,1-2H3;1H. The molecule has 22 heavy (non-hydrogen) atoms. The topological polar surface area (TPSA) is 49.4 Å². The van der Waals surface area contributed by atoms with E-state index in [-0.39, 0.29) is 36.6 Å². The Hall–Kier alpha value is -1.39. The minimum absolute atomic E-state index is 0. The maximum atomic E-state index is 12.1. The van der Waals surface area contributed by atoms with E-state index in [9.17, 15) is 9.59 Å². The van der Waals surface area contributed by atoms with Gasteiger partial charge in [0.2, 0.25) is 5.91 Å². The number of carbonyl (C=O) groups is 2. The zero-order chi connectivity index (χ0) is 15.2. The predicted molar refractivity (Wildman–Crippen MR) is 90.7 cm³/mol. The van der Waals surface area contributed by atoms with Crippen LogP contribution in [0.4, 0.5) is 0 Å². The highest BCUT2D eigenvalue weighted by Crippen LogP contribution is 2.12. The zero-order valence-electron chi connectivity index (χ0n) is 13.3. The fourth-order valence-electron chi connectivity index (χ4n) is 2.64. The predicted octanol–water partition coefficient (Wildman–Crippen LogP) is 2.45. The summed E-state index contributed by atoms with van der Waals surface area (Å²) < 4.78 is 0. The maximum Gasteiger partial charge on any atom is 0.223 e. The molecule has 1 atom stereocenters. The molecule has 122 valence electrons. The molecule has 4 nitrogen and oxygen atoms in total. The molecule has 1 aromatic carbocycles. The van der Waals surface area contributed by atoms with Crippen molar-refractivity contribution in [2.45, 2.75) is 38.6 Å². The van der Waals surface area contributed by atoms with Crippen molar-refractivity contribution in [1.29, 1.82) is 0 Å². The Morgan fingerprint density at radius 2 is 1.91 bits per heavy atom. The summed E-state index contributed by atoms with van der Waals surface area (Å²) in [4.78, 5) is 26.0. The smallest absolute Gasteiger partial charge is 0.223 e. The molecule has 0 radical (unpaired) electrons. The van der Waals surface area contributed by atoms with Crippen molar-refractivity contribution in [1.82, 2.24) is 10.2 Å². The summed E-state index contributed by atoms with van der Waals surface area (Å²) in [6.45, 7) is 3.91. The molecule has 0 saturated carbocycles. The van der Waals surface area contributed by atoms with E-state index in [1.807, 2.05) is 31.3 Å². The Kier molecular flexibility index (Phi) is 7.56. The number of ketones is 1. The van der Waals surface area contributed by atoms with E-state index in [4.69, 9.17) is 0 Å². The van der Waals surface area contributed by atoms with Gasteiger partial charge in [-0.3, -0.25) is 9.59 Å². The molecule has 2 rings (SSSR count). The van der Waals surface area contributed by atoms with Crippen LogP contribution in [-0.4, -0.2) is 42.8 Å². The number of likely N-dealkylation sites (N-methyl/N-ethyl adjacent to an activating group) is 1. The molecule has 0 aromatic heterocycles. The number of amides is 1. The summed E-state index contributed by atoms with van der Waals surface area (Å²) in [5, 5.41) is 3.25. The fraction of sp³-hybridized carbons (Fsp3) is 0.529. The molecule has 0 aliphatic carbocycles. The van der Waals surface area contributed by atoms with Crippen LogP contribution >= 0.6 is 12.4 Å². The van der Waals surface area contributed by atoms with Gasteiger partial charge in [-0.1, -0.05) is 31.2 Å². The van der Waals surface area contributed by atoms with Crippen molar-refractivity contribution in [3.8, 4) is 0 Å². The van der Waals surface area contributed by atoms with E-state index in [0.717, 1.165) is 25.9 Å². The van der Waals surface area contributed by atoms with Crippen molar-refractivity contribution < 1.29 is 9.59 Å². The number of Topliss-reactive ketones (excluding diaryl/α,β-unsaturated/α-hetero) is 1. The van der Waals surface area contributed by atoms with Crippen LogP contribution in [0.2, 0.25) is 0 Å². The summed E-state index contributed by atoms with van der Waals surface area (Å²) in [7, 11) is 1.83. The van der Waals surface area contributed by atoms with E-state index in [1.165, 1.54) is 5.56 Å². The van der Waals surface area contributed by atoms with Gasteiger partial charge in [0.15, 0.2) is 5.78 Å². The summed E-state index contributed by atoms with van der Waals surface area (Å²) in [5.41, 5.74) is 1.92. The van der Waals surface area contributed by atoms with E-state index < -0.39 is 0 Å². The number of benzene rings is 1. The lowest BCUT2D eigenvalue weighted by Crippen LogP contribution is -2.38. The minimum Gasteiger partial charge on any atom is -0.341 e. The first-order valence-corrected chi connectivity index (χ1v) is 7.70. The molecule has 0 spiro atoms. The molecule has 1 aliphatic heterocycles. The van der Waals surface area contributed by atoms with Crippen LogP contribution in [0.5, 0.6) is 0 Å². The number of aryl methyl sites for hydroxylation is 1. The maximum absolute atomic E-state index is 12.1. The Morgan fingerprint density at radius 1 is 1.23 bits per heavy atom. The number of hydrogen-bond acceptors (Lipinski definition) is 3. The first-order chi connectivity index (χ1) is 10.1. The third-order valence-corrected chi connectivity index (χ3v) is 4.23. The normalized spacial score (nSPS) is 16.9. The molecular weight excluding hydrogens is 300 g/mol. The Morgan fingerprint density at radius 3 is 2.45 bits per heavy atom. The van der Waals surface area contributed by atoms with E-state index in [0.29, 0.717) is 12.0 Å². The van der Waals surface area contributed by atoms with Crippen LogP contribution in [-0.2, 0) is 11.2 Å².